The molecule has 1 aromatic carbocycles. The molecule has 110 valence electrons. The van der Waals surface area contributed by atoms with Crippen LogP contribution >= 0.6 is 0 Å². The number of benzene rings is 1. The Labute approximate surface area is 121 Å². The summed E-state index contributed by atoms with van der Waals surface area (Å²) in [6, 6.07) is 8.90. The number of anilines is 1. The van der Waals surface area contributed by atoms with E-state index < -0.39 is 5.54 Å². The van der Waals surface area contributed by atoms with Crippen molar-refractivity contribution in [3.05, 3.63) is 30.1 Å². The Morgan fingerprint density at radius 3 is 2.45 bits per heavy atom. The molecule has 0 saturated heterocycles. The van der Waals surface area contributed by atoms with Crippen LogP contribution < -0.4 is 10.2 Å². The van der Waals surface area contributed by atoms with E-state index in [2.05, 4.69) is 23.2 Å². The van der Waals surface area contributed by atoms with Crippen molar-refractivity contribution in [2.24, 2.45) is 0 Å². The average molecular weight is 277 g/mol. The van der Waals surface area contributed by atoms with E-state index in [1.807, 2.05) is 13.8 Å². The van der Waals surface area contributed by atoms with Gasteiger partial charge in [-0.25, -0.2) is 4.39 Å². The van der Waals surface area contributed by atoms with Crippen LogP contribution in [0.15, 0.2) is 24.3 Å². The largest absolute Gasteiger partial charge is 0.372 e. The second-order valence-corrected chi connectivity index (χ2v) is 5.13. The van der Waals surface area contributed by atoms with E-state index in [9.17, 15) is 9.65 Å². The van der Waals surface area contributed by atoms with Gasteiger partial charge in [0.15, 0.2) is 0 Å². The molecule has 0 heterocycles. The van der Waals surface area contributed by atoms with E-state index in [1.165, 1.54) is 12.1 Å². The third-order valence-corrected chi connectivity index (χ3v) is 3.49. The third kappa shape index (κ3) is 4.82. The summed E-state index contributed by atoms with van der Waals surface area (Å²) in [4.78, 5) is 2.20. The maximum atomic E-state index is 12.9. The number of rotatable bonds is 8. The summed E-state index contributed by atoms with van der Waals surface area (Å²) in [5, 5.41) is 12.4. The second-order valence-electron chi connectivity index (χ2n) is 5.13. The molecule has 1 unspecified atom stereocenters. The van der Waals surface area contributed by atoms with Gasteiger partial charge in [-0.15, -0.1) is 0 Å². The summed E-state index contributed by atoms with van der Waals surface area (Å²) in [5.41, 5.74) is 0.563. The van der Waals surface area contributed by atoms with E-state index in [4.69, 9.17) is 0 Å². The van der Waals surface area contributed by atoms with E-state index in [0.29, 0.717) is 0 Å². The van der Waals surface area contributed by atoms with Gasteiger partial charge in [0.2, 0.25) is 0 Å². The lowest BCUT2D eigenvalue weighted by Crippen LogP contribution is -2.41. The van der Waals surface area contributed by atoms with E-state index in [-0.39, 0.29) is 5.82 Å². The van der Waals surface area contributed by atoms with Crippen LogP contribution in [0, 0.1) is 17.1 Å². The van der Waals surface area contributed by atoms with Crippen molar-refractivity contribution in [2.75, 3.05) is 24.5 Å². The first kappa shape index (κ1) is 16.5. The summed E-state index contributed by atoms with van der Waals surface area (Å²) < 4.78 is 12.9. The van der Waals surface area contributed by atoms with Gasteiger partial charge in [0, 0.05) is 18.8 Å². The van der Waals surface area contributed by atoms with Crippen molar-refractivity contribution in [2.45, 2.75) is 39.2 Å². The normalized spacial score (nSPS) is 13.6. The summed E-state index contributed by atoms with van der Waals surface area (Å²) in [7, 11) is 0. The Hall–Kier alpha value is -1.60. The molecule has 20 heavy (non-hydrogen) atoms. The predicted octanol–water partition coefficient (Wildman–Crippen LogP) is 3.32. The molecular formula is C16H24FN3. The minimum absolute atomic E-state index is 0.214. The van der Waals surface area contributed by atoms with Crippen LogP contribution in [0.1, 0.15) is 33.6 Å². The highest BCUT2D eigenvalue weighted by Gasteiger charge is 2.21. The highest BCUT2D eigenvalue weighted by atomic mass is 19.1. The zero-order valence-electron chi connectivity index (χ0n) is 12.6. The topological polar surface area (TPSA) is 39.1 Å². The number of hydrogen-bond acceptors (Lipinski definition) is 3. The van der Waals surface area contributed by atoms with Crippen molar-refractivity contribution >= 4 is 5.69 Å². The second kappa shape index (κ2) is 7.86. The lowest BCUT2D eigenvalue weighted by molar-refractivity contribution is 0.417. The van der Waals surface area contributed by atoms with Crippen LogP contribution in [0.4, 0.5) is 10.1 Å². The van der Waals surface area contributed by atoms with E-state index >= 15 is 0 Å². The van der Waals surface area contributed by atoms with Crippen molar-refractivity contribution in [3.63, 3.8) is 0 Å². The molecular weight excluding hydrogens is 253 g/mol. The molecule has 4 heteroatoms. The van der Waals surface area contributed by atoms with Gasteiger partial charge in [-0.2, -0.15) is 5.26 Å². The Kier molecular flexibility index (Phi) is 6.47. The Morgan fingerprint density at radius 2 is 1.95 bits per heavy atom. The zero-order chi connectivity index (χ0) is 15.0. The number of hydrogen-bond donors (Lipinski definition) is 1. The third-order valence-electron chi connectivity index (χ3n) is 3.49. The van der Waals surface area contributed by atoms with Crippen molar-refractivity contribution in [1.82, 2.24) is 5.32 Å². The van der Waals surface area contributed by atoms with E-state index in [0.717, 1.165) is 38.2 Å². The average Bonchev–Trinajstić information content (AvgIpc) is 2.45. The first-order valence-corrected chi connectivity index (χ1v) is 7.21. The van der Waals surface area contributed by atoms with Gasteiger partial charge in [-0.1, -0.05) is 6.92 Å². The van der Waals surface area contributed by atoms with Crippen molar-refractivity contribution in [1.29, 1.82) is 5.26 Å². The van der Waals surface area contributed by atoms with Gasteiger partial charge in [0.1, 0.15) is 11.4 Å². The fourth-order valence-electron chi connectivity index (χ4n) is 2.32. The molecule has 0 spiro atoms. The highest BCUT2D eigenvalue weighted by molar-refractivity contribution is 5.45. The maximum Gasteiger partial charge on any atom is 0.123 e. The van der Waals surface area contributed by atoms with Gasteiger partial charge in [-0.3, -0.25) is 5.32 Å². The Morgan fingerprint density at radius 1 is 1.30 bits per heavy atom. The molecule has 0 aromatic heterocycles. The maximum absolute atomic E-state index is 12.9. The summed E-state index contributed by atoms with van der Waals surface area (Å²) in [6.07, 6.45) is 1.72. The van der Waals surface area contributed by atoms with Gasteiger partial charge in [0.25, 0.3) is 0 Å². The van der Waals surface area contributed by atoms with Crippen molar-refractivity contribution in [3.8, 4) is 6.07 Å². The lowest BCUT2D eigenvalue weighted by Gasteiger charge is -2.26. The van der Waals surface area contributed by atoms with Crippen LogP contribution in [0.3, 0.4) is 0 Å². The quantitative estimate of drug-likeness (QED) is 0.792. The summed E-state index contributed by atoms with van der Waals surface area (Å²) >= 11 is 0. The van der Waals surface area contributed by atoms with Crippen molar-refractivity contribution < 1.29 is 4.39 Å². The predicted molar refractivity (Wildman–Crippen MR) is 81.2 cm³/mol. The minimum Gasteiger partial charge on any atom is -0.372 e. The van der Waals surface area contributed by atoms with Crippen LogP contribution in [-0.2, 0) is 0 Å². The Bertz CT molecular complexity index is 438. The van der Waals surface area contributed by atoms with Gasteiger partial charge in [-0.05, 0) is 57.5 Å². The number of halogens is 1. The smallest absolute Gasteiger partial charge is 0.123 e. The number of nitriles is 1. The monoisotopic (exact) mass is 277 g/mol. The molecule has 0 amide bonds. The molecule has 0 fully saturated rings. The van der Waals surface area contributed by atoms with Gasteiger partial charge >= 0.3 is 0 Å². The molecule has 1 aromatic rings. The number of nitrogens with zero attached hydrogens (tertiary/aromatic N) is 2. The fourth-order valence-corrected chi connectivity index (χ4v) is 2.32. The standard InChI is InChI=1S/C16H24FN3/c1-4-19-16(3,13-18)11-6-12-20(5-2)15-9-7-14(17)8-10-15/h7-10,19H,4-6,11-12H2,1-3H3. The van der Waals surface area contributed by atoms with Crippen LogP contribution in [-0.4, -0.2) is 25.2 Å². The Balaban J connectivity index is 2.54. The van der Waals surface area contributed by atoms with Crippen LogP contribution in [0.2, 0.25) is 0 Å². The SMILES string of the molecule is CCNC(C)(C#N)CCCN(CC)c1ccc(F)cc1. The molecule has 0 aliphatic rings. The number of nitrogens with one attached hydrogen (secondary N) is 1. The molecule has 0 aliphatic heterocycles. The fraction of sp³-hybridized carbons (Fsp3) is 0.562. The summed E-state index contributed by atoms with van der Waals surface area (Å²) in [6.45, 7) is 8.55. The molecule has 0 saturated carbocycles. The van der Waals surface area contributed by atoms with Crippen LogP contribution in [0.25, 0.3) is 0 Å². The van der Waals surface area contributed by atoms with Gasteiger partial charge in [0.05, 0.1) is 6.07 Å². The molecule has 3 nitrogen and oxygen atoms in total. The molecule has 1 atom stereocenters. The summed E-state index contributed by atoms with van der Waals surface area (Å²) in [5.74, 6) is -0.214. The zero-order valence-corrected chi connectivity index (χ0v) is 12.6. The minimum atomic E-state index is -0.461. The molecule has 0 aliphatic carbocycles. The molecule has 0 bridgehead atoms. The van der Waals surface area contributed by atoms with E-state index in [1.54, 1.807) is 12.1 Å². The lowest BCUT2D eigenvalue weighted by atomic mass is 9.97. The van der Waals surface area contributed by atoms with Gasteiger partial charge < -0.3 is 4.90 Å². The molecule has 1 rings (SSSR count). The van der Waals surface area contributed by atoms with Crippen LogP contribution in [0.5, 0.6) is 0 Å². The molecule has 1 N–H and O–H groups in total. The highest BCUT2D eigenvalue weighted by Crippen LogP contribution is 2.17. The first-order valence-electron chi connectivity index (χ1n) is 7.21. The molecule has 0 radical (unpaired) electrons. The first-order chi connectivity index (χ1) is 9.54.